The lowest BCUT2D eigenvalue weighted by molar-refractivity contribution is -0.129. The molecule has 7 nitrogen and oxygen atoms in total. The number of carbonyl (C=O) groups is 3. The molecular weight excluding hydrogens is 423 g/mol. The topological polar surface area (TPSA) is 93.7 Å². The summed E-state index contributed by atoms with van der Waals surface area (Å²) in [4.78, 5) is 37.3. The summed E-state index contributed by atoms with van der Waals surface area (Å²) in [6, 6.07) is 12.4. The van der Waals surface area contributed by atoms with Gasteiger partial charge in [0.2, 0.25) is 5.91 Å². The fourth-order valence-electron chi connectivity index (χ4n) is 2.46. The van der Waals surface area contributed by atoms with Crippen LogP contribution in [-0.2, 0) is 25.6 Å². The quantitative estimate of drug-likeness (QED) is 0.312. The van der Waals surface area contributed by atoms with Crippen molar-refractivity contribution in [2.24, 2.45) is 0 Å². The van der Waals surface area contributed by atoms with Gasteiger partial charge >= 0.3 is 5.97 Å². The molecule has 2 N–H and O–H groups in total. The van der Waals surface area contributed by atoms with Gasteiger partial charge in [0, 0.05) is 25.1 Å². The van der Waals surface area contributed by atoms with Crippen LogP contribution < -0.4 is 10.6 Å². The molecule has 166 valence electrons. The molecular formula is C22H25FN2O5S. The zero-order valence-electron chi connectivity index (χ0n) is 17.4. The highest BCUT2D eigenvalue weighted by Gasteiger charge is 2.21. The van der Waals surface area contributed by atoms with E-state index in [1.807, 2.05) is 0 Å². The molecule has 0 bridgehead atoms. The second-order valence-electron chi connectivity index (χ2n) is 6.52. The lowest BCUT2D eigenvalue weighted by Crippen LogP contribution is -2.35. The first-order valence-electron chi connectivity index (χ1n) is 9.61. The van der Waals surface area contributed by atoms with E-state index in [1.54, 1.807) is 43.5 Å². The van der Waals surface area contributed by atoms with E-state index < -0.39 is 18.0 Å². The van der Waals surface area contributed by atoms with Crippen molar-refractivity contribution in [1.82, 2.24) is 10.6 Å². The molecule has 31 heavy (non-hydrogen) atoms. The number of methoxy groups -OCH3 is 1. The van der Waals surface area contributed by atoms with E-state index in [0.717, 1.165) is 5.56 Å². The highest BCUT2D eigenvalue weighted by atomic mass is 32.2. The van der Waals surface area contributed by atoms with Crippen molar-refractivity contribution in [3.05, 3.63) is 65.5 Å². The predicted molar refractivity (Wildman–Crippen MR) is 115 cm³/mol. The van der Waals surface area contributed by atoms with Crippen molar-refractivity contribution in [1.29, 1.82) is 0 Å². The average Bonchev–Trinajstić information content (AvgIpc) is 2.77. The van der Waals surface area contributed by atoms with Gasteiger partial charge in [0.1, 0.15) is 5.82 Å². The molecule has 0 spiro atoms. The van der Waals surface area contributed by atoms with Gasteiger partial charge < -0.3 is 20.1 Å². The van der Waals surface area contributed by atoms with Crippen LogP contribution in [-0.4, -0.2) is 49.9 Å². The van der Waals surface area contributed by atoms with Gasteiger partial charge in [-0.1, -0.05) is 24.3 Å². The van der Waals surface area contributed by atoms with Crippen LogP contribution in [0.25, 0.3) is 0 Å². The fourth-order valence-corrected chi connectivity index (χ4v) is 3.33. The van der Waals surface area contributed by atoms with Crippen molar-refractivity contribution < 1.29 is 28.2 Å². The first kappa shape index (κ1) is 24.4. The number of amides is 2. The second kappa shape index (κ2) is 12.7. The standard InChI is InChI=1S/C22H25FN2O5S/c1-15(21(27)25-13-16-7-9-17(23)10-8-16)30-22(28)18-5-3-4-6-19(18)31-14-20(26)24-11-12-29-2/h3-10,15H,11-14H2,1-2H3,(H,24,26)(H,25,27). The Morgan fingerprint density at radius 1 is 1.06 bits per heavy atom. The summed E-state index contributed by atoms with van der Waals surface area (Å²) in [6.07, 6.45) is -1.02. The maximum absolute atomic E-state index is 12.9. The van der Waals surface area contributed by atoms with Crippen LogP contribution in [0.4, 0.5) is 4.39 Å². The van der Waals surface area contributed by atoms with Crippen LogP contribution in [0.5, 0.6) is 0 Å². The molecule has 0 fully saturated rings. The second-order valence-corrected chi connectivity index (χ2v) is 7.54. The lowest BCUT2D eigenvalue weighted by atomic mass is 10.2. The Hall–Kier alpha value is -2.91. The maximum atomic E-state index is 12.9. The van der Waals surface area contributed by atoms with E-state index >= 15 is 0 Å². The van der Waals surface area contributed by atoms with E-state index in [4.69, 9.17) is 9.47 Å². The number of rotatable bonds is 11. The molecule has 1 unspecified atom stereocenters. The highest BCUT2D eigenvalue weighted by molar-refractivity contribution is 8.00. The van der Waals surface area contributed by atoms with Crippen molar-refractivity contribution >= 4 is 29.5 Å². The molecule has 0 aliphatic carbocycles. The van der Waals surface area contributed by atoms with Gasteiger partial charge in [-0.15, -0.1) is 11.8 Å². The van der Waals surface area contributed by atoms with Crippen molar-refractivity contribution in [3.8, 4) is 0 Å². The number of thioether (sulfide) groups is 1. The Morgan fingerprint density at radius 3 is 2.48 bits per heavy atom. The Labute approximate surface area is 184 Å². The normalized spacial score (nSPS) is 11.5. The Morgan fingerprint density at radius 2 is 1.77 bits per heavy atom. The van der Waals surface area contributed by atoms with E-state index in [1.165, 1.54) is 30.8 Å². The molecule has 2 aromatic rings. The van der Waals surface area contributed by atoms with Gasteiger partial charge in [-0.05, 0) is 36.8 Å². The summed E-state index contributed by atoms with van der Waals surface area (Å²) < 4.78 is 23.1. The Balaban J connectivity index is 1.88. The minimum absolute atomic E-state index is 0.127. The van der Waals surface area contributed by atoms with Crippen LogP contribution in [0.15, 0.2) is 53.4 Å². The number of halogens is 1. The van der Waals surface area contributed by atoms with E-state index in [0.29, 0.717) is 18.0 Å². The predicted octanol–water partition coefficient (Wildman–Crippen LogP) is 2.54. The molecule has 0 aromatic heterocycles. The van der Waals surface area contributed by atoms with Gasteiger partial charge in [-0.2, -0.15) is 0 Å². The van der Waals surface area contributed by atoms with Gasteiger partial charge in [0.15, 0.2) is 6.10 Å². The van der Waals surface area contributed by atoms with Crippen molar-refractivity contribution in [3.63, 3.8) is 0 Å². The Bertz CT molecular complexity index is 892. The summed E-state index contributed by atoms with van der Waals surface area (Å²) in [5, 5.41) is 5.35. The third kappa shape index (κ3) is 8.39. The molecule has 0 aliphatic heterocycles. The minimum Gasteiger partial charge on any atom is -0.449 e. The van der Waals surface area contributed by atoms with Gasteiger partial charge in [0.05, 0.1) is 17.9 Å². The number of nitrogens with one attached hydrogen (secondary N) is 2. The molecule has 0 heterocycles. The largest absolute Gasteiger partial charge is 0.449 e. The molecule has 2 rings (SSSR count). The summed E-state index contributed by atoms with van der Waals surface area (Å²) >= 11 is 1.20. The van der Waals surface area contributed by atoms with Crippen LogP contribution >= 0.6 is 11.8 Å². The molecule has 0 radical (unpaired) electrons. The SMILES string of the molecule is COCCNC(=O)CSc1ccccc1C(=O)OC(C)C(=O)NCc1ccc(F)cc1. The first-order chi connectivity index (χ1) is 14.9. The first-order valence-corrected chi connectivity index (χ1v) is 10.6. The monoisotopic (exact) mass is 448 g/mol. The number of hydrogen-bond donors (Lipinski definition) is 2. The Kier molecular flexibility index (Phi) is 9.99. The van der Waals surface area contributed by atoms with Crippen LogP contribution in [0, 0.1) is 5.82 Å². The van der Waals surface area contributed by atoms with Crippen molar-refractivity contribution in [2.75, 3.05) is 26.0 Å². The zero-order chi connectivity index (χ0) is 22.6. The number of hydrogen-bond acceptors (Lipinski definition) is 6. The molecule has 0 saturated heterocycles. The van der Waals surface area contributed by atoms with E-state index in [2.05, 4.69) is 10.6 Å². The van der Waals surface area contributed by atoms with Gasteiger partial charge in [-0.25, -0.2) is 9.18 Å². The van der Waals surface area contributed by atoms with Crippen LogP contribution in [0.2, 0.25) is 0 Å². The average molecular weight is 449 g/mol. The highest BCUT2D eigenvalue weighted by Crippen LogP contribution is 2.23. The van der Waals surface area contributed by atoms with Crippen LogP contribution in [0.3, 0.4) is 0 Å². The third-order valence-electron chi connectivity index (χ3n) is 4.13. The number of esters is 1. The summed E-state index contributed by atoms with van der Waals surface area (Å²) in [5.41, 5.74) is 0.995. The maximum Gasteiger partial charge on any atom is 0.340 e. The van der Waals surface area contributed by atoms with E-state index in [-0.39, 0.29) is 29.6 Å². The van der Waals surface area contributed by atoms with Crippen molar-refractivity contribution in [2.45, 2.75) is 24.5 Å². The molecule has 2 aromatic carbocycles. The van der Waals surface area contributed by atoms with Gasteiger partial charge in [0.25, 0.3) is 5.91 Å². The summed E-state index contributed by atoms with van der Waals surface area (Å²) in [6.45, 7) is 2.48. The summed E-state index contributed by atoms with van der Waals surface area (Å²) in [5.74, 6) is -1.55. The molecule has 9 heteroatoms. The minimum atomic E-state index is -1.02. The molecule has 0 aliphatic rings. The number of benzene rings is 2. The summed E-state index contributed by atoms with van der Waals surface area (Å²) in [7, 11) is 1.55. The zero-order valence-corrected chi connectivity index (χ0v) is 18.2. The molecule has 1 atom stereocenters. The third-order valence-corrected chi connectivity index (χ3v) is 5.20. The molecule has 2 amide bonds. The lowest BCUT2D eigenvalue weighted by Gasteiger charge is -2.15. The molecule has 0 saturated carbocycles. The van der Waals surface area contributed by atoms with E-state index in [9.17, 15) is 18.8 Å². The number of carbonyl (C=O) groups excluding carboxylic acids is 3. The van der Waals surface area contributed by atoms with Crippen LogP contribution in [0.1, 0.15) is 22.8 Å². The van der Waals surface area contributed by atoms with Gasteiger partial charge in [-0.3, -0.25) is 9.59 Å². The fraction of sp³-hybridized carbons (Fsp3) is 0.318. The smallest absolute Gasteiger partial charge is 0.340 e. The number of ether oxygens (including phenoxy) is 2.